The molecule has 0 atom stereocenters. The maximum Gasteiger partial charge on any atom is 0.248 e. The Balaban J connectivity index is 1.77. The van der Waals surface area contributed by atoms with Gasteiger partial charge in [0.1, 0.15) is 17.1 Å². The van der Waals surface area contributed by atoms with E-state index in [9.17, 15) is 4.79 Å². The van der Waals surface area contributed by atoms with Crippen molar-refractivity contribution in [2.45, 2.75) is 13.8 Å². The number of furan rings is 1. The molecule has 0 fully saturated rings. The second-order valence-corrected chi connectivity index (χ2v) is 7.31. The van der Waals surface area contributed by atoms with Crippen LogP contribution < -0.4 is 14.8 Å². The number of nitrogens with one attached hydrogen (secondary N) is 1. The smallest absolute Gasteiger partial charge is 0.248 e. The third-order valence-corrected chi connectivity index (χ3v) is 5.19. The summed E-state index contributed by atoms with van der Waals surface area (Å²) in [4.78, 5) is 12.6. The van der Waals surface area contributed by atoms with Gasteiger partial charge < -0.3 is 19.2 Å². The van der Waals surface area contributed by atoms with Gasteiger partial charge in [-0.3, -0.25) is 4.79 Å². The first kappa shape index (κ1) is 21.2. The van der Waals surface area contributed by atoms with Crippen molar-refractivity contribution in [1.29, 1.82) is 0 Å². The van der Waals surface area contributed by atoms with Crippen molar-refractivity contribution in [3.63, 3.8) is 0 Å². The zero-order valence-electron chi connectivity index (χ0n) is 18.3. The van der Waals surface area contributed by atoms with Crippen molar-refractivity contribution in [1.82, 2.24) is 0 Å². The number of para-hydroxylation sites is 2. The summed E-state index contributed by atoms with van der Waals surface area (Å²) in [7, 11) is 1.65. The molecule has 1 amide bonds. The number of benzene rings is 3. The van der Waals surface area contributed by atoms with Crippen LogP contribution in [0.4, 0.5) is 5.69 Å². The number of anilines is 1. The summed E-state index contributed by atoms with van der Waals surface area (Å²) in [5, 5.41) is 3.81. The second-order valence-electron chi connectivity index (χ2n) is 7.31. The number of carbonyl (C=O) groups is 1. The molecule has 0 unspecified atom stereocenters. The van der Waals surface area contributed by atoms with Crippen LogP contribution >= 0.6 is 0 Å². The minimum atomic E-state index is -0.201. The van der Waals surface area contributed by atoms with E-state index in [1.807, 2.05) is 80.6 Å². The van der Waals surface area contributed by atoms with Crippen LogP contribution in [-0.2, 0) is 4.79 Å². The van der Waals surface area contributed by atoms with Crippen molar-refractivity contribution in [2.75, 3.05) is 19.0 Å². The Labute approximate surface area is 187 Å². The van der Waals surface area contributed by atoms with Crippen molar-refractivity contribution < 1.29 is 18.7 Å². The van der Waals surface area contributed by atoms with Gasteiger partial charge in [0, 0.05) is 39.9 Å². The van der Waals surface area contributed by atoms with Crippen LogP contribution in [0.2, 0.25) is 0 Å². The van der Waals surface area contributed by atoms with Gasteiger partial charge in [-0.2, -0.15) is 0 Å². The average molecular weight is 428 g/mol. The molecular formula is C27H25NO4. The van der Waals surface area contributed by atoms with E-state index in [0.29, 0.717) is 17.9 Å². The van der Waals surface area contributed by atoms with Crippen molar-refractivity contribution in [3.05, 3.63) is 84.6 Å². The number of ether oxygens (including phenoxy) is 2. The highest BCUT2D eigenvalue weighted by Gasteiger charge is 2.17. The highest BCUT2D eigenvalue weighted by molar-refractivity contribution is 6.05. The lowest BCUT2D eigenvalue weighted by atomic mass is 9.98. The van der Waals surface area contributed by atoms with Gasteiger partial charge in [0.2, 0.25) is 5.91 Å². The predicted molar refractivity (Wildman–Crippen MR) is 128 cm³/mol. The summed E-state index contributed by atoms with van der Waals surface area (Å²) in [6, 6.07) is 21.1. The van der Waals surface area contributed by atoms with Crippen molar-refractivity contribution in [2.24, 2.45) is 0 Å². The summed E-state index contributed by atoms with van der Waals surface area (Å²) < 4.78 is 17.3. The highest BCUT2D eigenvalue weighted by Crippen LogP contribution is 2.40. The van der Waals surface area contributed by atoms with Gasteiger partial charge in [0.15, 0.2) is 0 Å². The number of rotatable bonds is 7. The molecule has 1 N–H and O–H groups in total. The van der Waals surface area contributed by atoms with Crippen LogP contribution in [0, 0.1) is 0 Å². The molecule has 1 aromatic heterocycles. The van der Waals surface area contributed by atoms with E-state index < -0.39 is 0 Å². The molecule has 4 aromatic rings. The number of allylic oxidation sites excluding steroid dienone is 1. The van der Waals surface area contributed by atoms with Crippen molar-refractivity contribution in [3.8, 4) is 22.6 Å². The first-order valence-electron chi connectivity index (χ1n) is 10.5. The van der Waals surface area contributed by atoms with Gasteiger partial charge in [-0.1, -0.05) is 36.4 Å². The Hall–Kier alpha value is -3.99. The molecule has 0 aliphatic rings. The van der Waals surface area contributed by atoms with E-state index in [1.54, 1.807) is 19.4 Å². The van der Waals surface area contributed by atoms with Gasteiger partial charge in [-0.25, -0.2) is 0 Å². The van der Waals surface area contributed by atoms with E-state index in [0.717, 1.165) is 39.1 Å². The maximum absolute atomic E-state index is 12.6. The number of hydrogen-bond donors (Lipinski definition) is 1. The van der Waals surface area contributed by atoms with Crippen LogP contribution in [0.15, 0.2) is 83.5 Å². The molecule has 0 aliphatic heterocycles. The fraction of sp³-hybridized carbons (Fsp3) is 0.148. The SMILES string of the molecule is CCOc1cc2occ(-c3ccccc3OC)c2cc1/C(C)=C/C(=O)Nc1ccccc1. The quantitative estimate of drug-likeness (QED) is 0.340. The molecule has 0 saturated carbocycles. The van der Waals surface area contributed by atoms with Gasteiger partial charge in [-0.05, 0) is 43.7 Å². The molecule has 5 heteroatoms. The summed E-state index contributed by atoms with van der Waals surface area (Å²) >= 11 is 0. The van der Waals surface area contributed by atoms with Gasteiger partial charge >= 0.3 is 0 Å². The molecule has 162 valence electrons. The molecule has 3 aromatic carbocycles. The largest absolute Gasteiger partial charge is 0.496 e. The summed E-state index contributed by atoms with van der Waals surface area (Å²) in [6.45, 7) is 4.33. The molecule has 1 heterocycles. The summed E-state index contributed by atoms with van der Waals surface area (Å²) in [5.74, 6) is 1.23. The second kappa shape index (κ2) is 9.43. The average Bonchev–Trinajstić information content (AvgIpc) is 3.22. The molecule has 4 rings (SSSR count). The topological polar surface area (TPSA) is 60.7 Å². The Kier molecular flexibility index (Phi) is 6.26. The predicted octanol–water partition coefficient (Wildman–Crippen LogP) is 6.55. The minimum Gasteiger partial charge on any atom is -0.496 e. The van der Waals surface area contributed by atoms with E-state index in [4.69, 9.17) is 13.9 Å². The van der Waals surface area contributed by atoms with Crippen LogP contribution in [-0.4, -0.2) is 19.6 Å². The zero-order valence-corrected chi connectivity index (χ0v) is 18.3. The number of carbonyl (C=O) groups excluding carboxylic acids is 1. The lowest BCUT2D eigenvalue weighted by Gasteiger charge is -2.12. The van der Waals surface area contributed by atoms with Crippen LogP contribution in [0.25, 0.3) is 27.7 Å². The Morgan fingerprint density at radius 3 is 2.50 bits per heavy atom. The Bertz CT molecular complexity index is 1270. The molecule has 32 heavy (non-hydrogen) atoms. The fourth-order valence-corrected chi connectivity index (χ4v) is 3.69. The number of fused-ring (bicyclic) bond motifs is 1. The lowest BCUT2D eigenvalue weighted by Crippen LogP contribution is -2.08. The Morgan fingerprint density at radius 1 is 1.00 bits per heavy atom. The zero-order chi connectivity index (χ0) is 22.5. The lowest BCUT2D eigenvalue weighted by molar-refractivity contribution is -0.111. The number of methoxy groups -OCH3 is 1. The van der Waals surface area contributed by atoms with Crippen LogP contribution in [0.3, 0.4) is 0 Å². The summed E-state index contributed by atoms with van der Waals surface area (Å²) in [5.41, 5.74) is 4.93. The third-order valence-electron chi connectivity index (χ3n) is 5.19. The highest BCUT2D eigenvalue weighted by atomic mass is 16.5. The molecule has 0 spiro atoms. The van der Waals surface area contributed by atoms with E-state index in [-0.39, 0.29) is 5.91 Å². The molecular weight excluding hydrogens is 402 g/mol. The van der Waals surface area contributed by atoms with Crippen LogP contribution in [0.1, 0.15) is 19.4 Å². The molecule has 0 bridgehead atoms. The first-order chi connectivity index (χ1) is 15.6. The van der Waals surface area contributed by atoms with Gasteiger partial charge in [0.05, 0.1) is 20.0 Å². The monoisotopic (exact) mass is 427 g/mol. The minimum absolute atomic E-state index is 0.201. The molecule has 5 nitrogen and oxygen atoms in total. The Morgan fingerprint density at radius 2 is 1.75 bits per heavy atom. The first-order valence-corrected chi connectivity index (χ1v) is 10.5. The molecule has 0 saturated heterocycles. The normalized spacial score (nSPS) is 11.4. The third kappa shape index (κ3) is 4.37. The number of amides is 1. The summed E-state index contributed by atoms with van der Waals surface area (Å²) in [6.07, 6.45) is 3.31. The number of hydrogen-bond acceptors (Lipinski definition) is 4. The standard InChI is InChI=1S/C27H25NO4/c1-4-31-25-16-26-22(23(17-32-26)20-12-8-9-13-24(20)30-3)15-21(25)18(2)14-27(29)28-19-10-6-5-7-11-19/h5-17H,4H2,1-3H3,(H,28,29)/b18-14+. The molecule has 0 radical (unpaired) electrons. The van der Waals surface area contributed by atoms with Crippen LogP contribution in [0.5, 0.6) is 11.5 Å². The maximum atomic E-state index is 12.6. The van der Waals surface area contributed by atoms with E-state index >= 15 is 0 Å². The van der Waals surface area contributed by atoms with E-state index in [1.165, 1.54) is 0 Å². The van der Waals surface area contributed by atoms with Gasteiger partial charge in [-0.15, -0.1) is 0 Å². The van der Waals surface area contributed by atoms with Gasteiger partial charge in [0.25, 0.3) is 0 Å². The van der Waals surface area contributed by atoms with Crippen molar-refractivity contribution >= 4 is 28.1 Å². The molecule has 0 aliphatic carbocycles. The van der Waals surface area contributed by atoms with E-state index in [2.05, 4.69) is 5.32 Å². The fourth-order valence-electron chi connectivity index (χ4n) is 3.69.